The summed E-state index contributed by atoms with van der Waals surface area (Å²) in [4.78, 5) is 23.0. The van der Waals surface area contributed by atoms with Crippen molar-refractivity contribution in [2.45, 2.75) is 43.0 Å². The molecule has 2 aliphatic heterocycles. The molecule has 0 aliphatic carbocycles. The van der Waals surface area contributed by atoms with Crippen LogP contribution in [0.2, 0.25) is 0 Å². The van der Waals surface area contributed by atoms with Crippen LogP contribution in [0.5, 0.6) is 5.75 Å². The van der Waals surface area contributed by atoms with Crippen molar-refractivity contribution >= 4 is 23.8 Å². The van der Waals surface area contributed by atoms with Crippen molar-refractivity contribution in [3.8, 4) is 5.75 Å². The number of rotatable bonds is 6. The van der Waals surface area contributed by atoms with Gasteiger partial charge >= 0.3 is 12.0 Å². The fourth-order valence-electron chi connectivity index (χ4n) is 3.07. The van der Waals surface area contributed by atoms with E-state index in [0.717, 1.165) is 12.2 Å². The summed E-state index contributed by atoms with van der Waals surface area (Å²) in [5.74, 6) is -8.27. The molecule has 2 saturated heterocycles. The molecule has 0 aromatic heterocycles. The number of thioether (sulfide) groups is 1. The Morgan fingerprint density at radius 2 is 1.92 bits per heavy atom. The molecule has 3 atom stereocenters. The van der Waals surface area contributed by atoms with Crippen LogP contribution in [0.3, 0.4) is 0 Å². The number of nitrogens with one attached hydrogen (secondary N) is 2. The highest BCUT2D eigenvalue weighted by Gasteiger charge is 2.42. The summed E-state index contributed by atoms with van der Waals surface area (Å²) in [5.41, 5.74) is 0. The highest BCUT2D eigenvalue weighted by Crippen LogP contribution is 2.33. The number of amides is 2. The predicted molar refractivity (Wildman–Crippen MR) is 85.9 cm³/mol. The largest absolute Gasteiger partial charge is 0.420 e. The van der Waals surface area contributed by atoms with Crippen molar-refractivity contribution in [1.29, 1.82) is 0 Å². The van der Waals surface area contributed by atoms with Crippen LogP contribution in [-0.2, 0) is 4.79 Å². The molecule has 10 heteroatoms. The topological polar surface area (TPSA) is 67.4 Å². The maximum absolute atomic E-state index is 13.5. The Labute approximate surface area is 150 Å². The summed E-state index contributed by atoms with van der Waals surface area (Å²) in [7, 11) is 0. The van der Waals surface area contributed by atoms with Crippen molar-refractivity contribution in [3.05, 3.63) is 29.3 Å². The maximum atomic E-state index is 13.5. The Hall–Kier alpha value is -1.97. The van der Waals surface area contributed by atoms with E-state index in [4.69, 9.17) is 0 Å². The molecule has 2 aliphatic rings. The molecule has 1 aromatic rings. The van der Waals surface area contributed by atoms with Gasteiger partial charge in [0.05, 0.1) is 12.1 Å². The van der Waals surface area contributed by atoms with Gasteiger partial charge in [0.1, 0.15) is 0 Å². The second-order valence-corrected chi connectivity index (χ2v) is 7.41. The van der Waals surface area contributed by atoms with E-state index in [1.54, 1.807) is 11.8 Å². The third kappa shape index (κ3) is 3.89. The Kier molecular flexibility index (Phi) is 5.59. The van der Waals surface area contributed by atoms with E-state index < -0.39 is 35.0 Å². The van der Waals surface area contributed by atoms with Gasteiger partial charge in [-0.25, -0.2) is 18.0 Å². The van der Waals surface area contributed by atoms with E-state index in [-0.39, 0.29) is 35.9 Å². The summed E-state index contributed by atoms with van der Waals surface area (Å²) >= 11 is 1.73. The fraction of sp³-hybridized carbons (Fsp3) is 0.500. The van der Waals surface area contributed by atoms with Crippen molar-refractivity contribution in [2.75, 3.05) is 5.75 Å². The first-order valence-electron chi connectivity index (χ1n) is 8.09. The van der Waals surface area contributed by atoms with Gasteiger partial charge in [0.2, 0.25) is 11.6 Å². The molecule has 0 radical (unpaired) electrons. The van der Waals surface area contributed by atoms with E-state index >= 15 is 0 Å². The van der Waals surface area contributed by atoms with Gasteiger partial charge in [0, 0.05) is 23.5 Å². The van der Waals surface area contributed by atoms with Crippen LogP contribution < -0.4 is 15.4 Å². The second kappa shape index (κ2) is 7.73. The molecule has 2 amide bonds. The first-order chi connectivity index (χ1) is 12.4. The number of fused-ring (bicyclic) bond motifs is 1. The number of carbonyl (C=O) groups excluding carboxylic acids is 2. The molecule has 142 valence electrons. The molecule has 1 aromatic carbocycles. The number of carbonyl (C=O) groups is 2. The minimum atomic E-state index is -1.89. The zero-order valence-corrected chi connectivity index (χ0v) is 14.3. The number of hydrogen-bond acceptors (Lipinski definition) is 4. The quantitative estimate of drug-likeness (QED) is 0.149. The average molecular weight is 392 g/mol. The molecule has 0 spiro atoms. The van der Waals surface area contributed by atoms with Gasteiger partial charge in [0.25, 0.3) is 0 Å². The van der Waals surface area contributed by atoms with E-state index in [0.29, 0.717) is 12.8 Å². The first-order valence-corrected chi connectivity index (χ1v) is 9.14. The molecular formula is C16H16F4N2O3S. The first kappa shape index (κ1) is 18.8. The van der Waals surface area contributed by atoms with Crippen LogP contribution in [0.1, 0.15) is 25.7 Å². The van der Waals surface area contributed by atoms with Crippen molar-refractivity contribution in [3.63, 3.8) is 0 Å². The van der Waals surface area contributed by atoms with Crippen LogP contribution in [0.15, 0.2) is 6.07 Å². The molecule has 2 N–H and O–H groups in total. The van der Waals surface area contributed by atoms with Gasteiger partial charge < -0.3 is 15.4 Å². The van der Waals surface area contributed by atoms with Crippen LogP contribution >= 0.6 is 11.8 Å². The Morgan fingerprint density at radius 3 is 2.69 bits per heavy atom. The zero-order chi connectivity index (χ0) is 18.8. The molecule has 0 bridgehead atoms. The summed E-state index contributed by atoms with van der Waals surface area (Å²) in [5, 5.41) is 5.92. The predicted octanol–water partition coefficient (Wildman–Crippen LogP) is 2.87. The monoisotopic (exact) mass is 392 g/mol. The summed E-state index contributed by atoms with van der Waals surface area (Å²) in [6, 6.07) is 0.120. The Morgan fingerprint density at radius 1 is 1.15 bits per heavy atom. The van der Waals surface area contributed by atoms with Crippen molar-refractivity contribution in [2.24, 2.45) is 0 Å². The lowest BCUT2D eigenvalue weighted by molar-refractivity contribution is -0.135. The van der Waals surface area contributed by atoms with E-state index in [1.165, 1.54) is 0 Å². The highest BCUT2D eigenvalue weighted by atomic mass is 32.2. The lowest BCUT2D eigenvalue weighted by Gasteiger charge is -2.16. The fourth-order valence-corrected chi connectivity index (χ4v) is 4.61. The Bertz CT molecular complexity index is 734. The molecule has 5 nitrogen and oxygen atoms in total. The molecule has 2 heterocycles. The lowest BCUT2D eigenvalue weighted by Crippen LogP contribution is -2.36. The number of halogens is 4. The van der Waals surface area contributed by atoms with Crippen LogP contribution in [0.4, 0.5) is 22.4 Å². The van der Waals surface area contributed by atoms with Gasteiger partial charge in [-0.2, -0.15) is 16.2 Å². The summed E-state index contributed by atoms with van der Waals surface area (Å²) in [6.07, 6.45) is 1.69. The molecule has 0 unspecified atom stereocenters. The summed E-state index contributed by atoms with van der Waals surface area (Å²) < 4.78 is 57.3. The number of benzene rings is 1. The average Bonchev–Trinajstić information content (AvgIpc) is 3.13. The van der Waals surface area contributed by atoms with E-state index in [1.807, 2.05) is 0 Å². The van der Waals surface area contributed by atoms with Crippen LogP contribution in [-0.4, -0.2) is 35.1 Å². The maximum Gasteiger partial charge on any atom is 0.315 e. The molecular weight excluding hydrogens is 376 g/mol. The van der Waals surface area contributed by atoms with Gasteiger partial charge in [-0.3, -0.25) is 4.79 Å². The third-order valence-corrected chi connectivity index (χ3v) is 5.85. The normalized spacial score (nSPS) is 24.2. The van der Waals surface area contributed by atoms with Crippen molar-refractivity contribution < 1.29 is 31.9 Å². The Balaban J connectivity index is 1.44. The third-order valence-electron chi connectivity index (χ3n) is 4.35. The molecule has 26 heavy (non-hydrogen) atoms. The number of ether oxygens (including phenoxy) is 1. The minimum absolute atomic E-state index is 0.0600. The highest BCUT2D eigenvalue weighted by molar-refractivity contribution is 8.00. The van der Waals surface area contributed by atoms with Gasteiger partial charge in [0.15, 0.2) is 17.5 Å². The zero-order valence-electron chi connectivity index (χ0n) is 13.5. The van der Waals surface area contributed by atoms with E-state index in [2.05, 4.69) is 15.4 Å². The minimum Gasteiger partial charge on any atom is -0.420 e. The van der Waals surface area contributed by atoms with Gasteiger partial charge in [-0.1, -0.05) is 6.42 Å². The molecule has 3 rings (SSSR count). The molecule has 2 fully saturated rings. The standard InChI is InChI=1S/C16H16F4N2O3S/c17-7-5-8(18)15(13(20)12(7)19)25-11(23)4-2-1-3-10-14-9(6-26-10)21-16(24)22-14/h5,9-10,14H,1-4,6H2,(H2,21,22,24)/t9-,10-,14-/m0/s1. The smallest absolute Gasteiger partial charge is 0.315 e. The van der Waals surface area contributed by atoms with Crippen LogP contribution in [0, 0.1) is 23.3 Å². The lowest BCUT2D eigenvalue weighted by atomic mass is 10.0. The summed E-state index contributed by atoms with van der Waals surface area (Å²) in [6.45, 7) is 0. The number of hydrogen-bond donors (Lipinski definition) is 2. The van der Waals surface area contributed by atoms with Gasteiger partial charge in [-0.05, 0) is 12.8 Å². The number of unbranched alkanes of at least 4 members (excludes halogenated alkanes) is 1. The number of urea groups is 1. The van der Waals surface area contributed by atoms with E-state index in [9.17, 15) is 27.2 Å². The molecule has 0 saturated carbocycles. The van der Waals surface area contributed by atoms with Gasteiger partial charge in [-0.15, -0.1) is 0 Å². The van der Waals surface area contributed by atoms with Crippen molar-refractivity contribution in [1.82, 2.24) is 10.6 Å². The second-order valence-electron chi connectivity index (χ2n) is 6.14. The number of esters is 1. The van der Waals surface area contributed by atoms with Crippen LogP contribution in [0.25, 0.3) is 0 Å². The SMILES string of the molecule is O=C1N[C@H]2[C@H](CS[C@H]2CCCCC(=O)Oc2c(F)cc(F)c(F)c2F)N1.